The van der Waals surface area contributed by atoms with Gasteiger partial charge in [0.2, 0.25) is 0 Å². The van der Waals surface area contributed by atoms with Crippen molar-refractivity contribution in [1.29, 1.82) is 0 Å². The highest BCUT2D eigenvalue weighted by Crippen LogP contribution is 2.32. The van der Waals surface area contributed by atoms with Gasteiger partial charge < -0.3 is 0 Å². The Labute approximate surface area is 95.8 Å². The Kier molecular flexibility index (Phi) is 5.64. The standard InChI is InChI=1S/C13H20.C2H6/c1-10(2)11-7-6-8-12(9-11)13(3,4)5;1-2/h6-7,9H,8H2,1-5H3;1-2H3. The molecule has 15 heavy (non-hydrogen) atoms. The van der Waals surface area contributed by atoms with Crippen LogP contribution in [0, 0.1) is 5.41 Å². The van der Waals surface area contributed by atoms with Gasteiger partial charge in [-0.05, 0) is 31.3 Å². The van der Waals surface area contributed by atoms with Gasteiger partial charge in [-0.3, -0.25) is 0 Å². The average Bonchev–Trinajstić information content (AvgIpc) is 2.20. The third-order valence-corrected chi connectivity index (χ3v) is 2.51. The van der Waals surface area contributed by atoms with Gasteiger partial charge in [-0.25, -0.2) is 0 Å². The summed E-state index contributed by atoms with van der Waals surface area (Å²) in [5.74, 6) is 0. The molecule has 0 fully saturated rings. The van der Waals surface area contributed by atoms with Crippen LogP contribution in [0.5, 0.6) is 0 Å². The van der Waals surface area contributed by atoms with Crippen LogP contribution in [-0.2, 0) is 0 Å². The highest BCUT2D eigenvalue weighted by molar-refractivity contribution is 5.42. The fourth-order valence-electron chi connectivity index (χ4n) is 1.44. The Bertz CT molecular complexity index is 276. The SMILES string of the molecule is CC.CC(C)=C1C=CCC(C(C)(C)C)=C1. The second kappa shape index (κ2) is 5.95. The number of hydrogen-bond donors (Lipinski definition) is 0. The predicted octanol–water partition coefficient (Wildman–Crippen LogP) is 5.28. The highest BCUT2D eigenvalue weighted by atomic mass is 14.2. The van der Waals surface area contributed by atoms with Crippen LogP contribution in [0.1, 0.15) is 54.9 Å². The van der Waals surface area contributed by atoms with Crippen molar-refractivity contribution in [3.63, 3.8) is 0 Å². The number of hydrogen-bond acceptors (Lipinski definition) is 0. The van der Waals surface area contributed by atoms with E-state index in [4.69, 9.17) is 0 Å². The summed E-state index contributed by atoms with van der Waals surface area (Å²) in [6.45, 7) is 15.2. The van der Waals surface area contributed by atoms with Crippen LogP contribution in [0.3, 0.4) is 0 Å². The molecule has 0 bridgehead atoms. The molecule has 0 aromatic rings. The van der Waals surface area contributed by atoms with Gasteiger partial charge in [0, 0.05) is 0 Å². The first-order valence-electron chi connectivity index (χ1n) is 5.96. The van der Waals surface area contributed by atoms with E-state index in [1.807, 2.05) is 13.8 Å². The molecular weight excluding hydrogens is 180 g/mol. The van der Waals surface area contributed by atoms with Gasteiger partial charge in [0.1, 0.15) is 0 Å². The fourth-order valence-corrected chi connectivity index (χ4v) is 1.44. The zero-order chi connectivity index (χ0) is 12.1. The molecule has 1 aliphatic rings. The lowest BCUT2D eigenvalue weighted by molar-refractivity contribution is 0.492. The summed E-state index contributed by atoms with van der Waals surface area (Å²) in [5.41, 5.74) is 4.63. The Hall–Kier alpha value is -0.780. The van der Waals surface area contributed by atoms with Crippen molar-refractivity contribution >= 4 is 0 Å². The minimum Gasteiger partial charge on any atom is -0.0798 e. The van der Waals surface area contributed by atoms with E-state index in [1.54, 1.807) is 0 Å². The maximum atomic E-state index is 2.34. The van der Waals surface area contributed by atoms with E-state index in [0.29, 0.717) is 5.41 Å². The van der Waals surface area contributed by atoms with Crippen LogP contribution in [0.15, 0.2) is 34.9 Å². The first kappa shape index (κ1) is 14.2. The second-order valence-corrected chi connectivity index (χ2v) is 4.98. The van der Waals surface area contributed by atoms with E-state index in [2.05, 4.69) is 52.8 Å². The third-order valence-electron chi connectivity index (χ3n) is 2.51. The highest BCUT2D eigenvalue weighted by Gasteiger charge is 2.17. The lowest BCUT2D eigenvalue weighted by atomic mass is 9.81. The van der Waals surface area contributed by atoms with E-state index in [0.717, 1.165) is 6.42 Å². The Morgan fingerprint density at radius 3 is 2.07 bits per heavy atom. The molecule has 1 aliphatic carbocycles. The van der Waals surface area contributed by atoms with Gasteiger partial charge in [-0.15, -0.1) is 0 Å². The van der Waals surface area contributed by atoms with Crippen LogP contribution < -0.4 is 0 Å². The van der Waals surface area contributed by atoms with Gasteiger partial charge in [0.05, 0.1) is 0 Å². The van der Waals surface area contributed by atoms with E-state index in [9.17, 15) is 0 Å². The second-order valence-electron chi connectivity index (χ2n) is 4.98. The molecule has 0 spiro atoms. The third kappa shape index (κ3) is 4.51. The molecule has 0 aromatic heterocycles. The van der Waals surface area contributed by atoms with E-state index in [-0.39, 0.29) is 0 Å². The van der Waals surface area contributed by atoms with E-state index in [1.165, 1.54) is 16.7 Å². The zero-order valence-corrected chi connectivity index (χ0v) is 11.4. The van der Waals surface area contributed by atoms with Gasteiger partial charge >= 0.3 is 0 Å². The van der Waals surface area contributed by atoms with Gasteiger partial charge in [0.15, 0.2) is 0 Å². The molecule has 0 saturated heterocycles. The summed E-state index contributed by atoms with van der Waals surface area (Å²) >= 11 is 0. The molecule has 86 valence electrons. The molecule has 0 amide bonds. The van der Waals surface area contributed by atoms with Crippen molar-refractivity contribution in [2.45, 2.75) is 54.9 Å². The predicted molar refractivity (Wildman–Crippen MR) is 71.0 cm³/mol. The van der Waals surface area contributed by atoms with E-state index < -0.39 is 0 Å². The summed E-state index contributed by atoms with van der Waals surface area (Å²) in [6.07, 6.45) is 7.95. The summed E-state index contributed by atoms with van der Waals surface area (Å²) in [7, 11) is 0. The molecular formula is C15H26. The maximum absolute atomic E-state index is 2.34. The molecule has 0 saturated carbocycles. The first-order chi connectivity index (χ1) is 6.91. The van der Waals surface area contributed by atoms with Crippen molar-refractivity contribution in [3.8, 4) is 0 Å². The molecule has 0 heterocycles. The van der Waals surface area contributed by atoms with Crippen LogP contribution in [-0.4, -0.2) is 0 Å². The van der Waals surface area contributed by atoms with Crippen molar-refractivity contribution in [2.24, 2.45) is 5.41 Å². The van der Waals surface area contributed by atoms with Gasteiger partial charge in [-0.2, -0.15) is 0 Å². The minimum absolute atomic E-state index is 0.311. The van der Waals surface area contributed by atoms with Crippen molar-refractivity contribution in [3.05, 3.63) is 34.9 Å². The van der Waals surface area contributed by atoms with Gasteiger partial charge in [0.25, 0.3) is 0 Å². The largest absolute Gasteiger partial charge is 0.0798 e. The topological polar surface area (TPSA) is 0 Å². The van der Waals surface area contributed by atoms with E-state index >= 15 is 0 Å². The minimum atomic E-state index is 0.311. The quantitative estimate of drug-likeness (QED) is 0.505. The van der Waals surface area contributed by atoms with Crippen LogP contribution in [0.4, 0.5) is 0 Å². The molecule has 1 rings (SSSR count). The zero-order valence-electron chi connectivity index (χ0n) is 11.4. The molecule has 0 unspecified atom stereocenters. The van der Waals surface area contributed by atoms with Crippen molar-refractivity contribution < 1.29 is 0 Å². The Balaban J connectivity index is 0.000000921. The number of allylic oxidation sites excluding steroid dienone is 6. The first-order valence-corrected chi connectivity index (χ1v) is 5.96. The molecule has 0 aliphatic heterocycles. The van der Waals surface area contributed by atoms with Crippen molar-refractivity contribution in [2.75, 3.05) is 0 Å². The lowest BCUT2D eigenvalue weighted by Gasteiger charge is -2.24. The van der Waals surface area contributed by atoms with Crippen molar-refractivity contribution in [1.82, 2.24) is 0 Å². The average molecular weight is 206 g/mol. The summed E-state index contributed by atoms with van der Waals surface area (Å²) in [4.78, 5) is 0. The fraction of sp³-hybridized carbons (Fsp3) is 0.600. The summed E-state index contributed by atoms with van der Waals surface area (Å²) in [6, 6.07) is 0. The molecule has 0 atom stereocenters. The molecule has 0 radical (unpaired) electrons. The van der Waals surface area contributed by atoms with Crippen LogP contribution in [0.2, 0.25) is 0 Å². The Morgan fingerprint density at radius 2 is 1.67 bits per heavy atom. The molecule has 0 nitrogen and oxygen atoms in total. The summed E-state index contributed by atoms with van der Waals surface area (Å²) in [5, 5.41) is 0. The molecule has 0 N–H and O–H groups in total. The molecule has 0 aromatic carbocycles. The summed E-state index contributed by atoms with van der Waals surface area (Å²) < 4.78 is 0. The smallest absolute Gasteiger partial charge is 0.0127 e. The van der Waals surface area contributed by atoms with Gasteiger partial charge in [-0.1, -0.05) is 64.0 Å². The molecule has 0 heteroatoms. The normalized spacial score (nSPS) is 15.4. The van der Waals surface area contributed by atoms with Crippen LogP contribution in [0.25, 0.3) is 0 Å². The maximum Gasteiger partial charge on any atom is -0.0127 e. The monoisotopic (exact) mass is 206 g/mol. The lowest BCUT2D eigenvalue weighted by Crippen LogP contribution is -2.10. The Morgan fingerprint density at radius 1 is 1.13 bits per heavy atom. The number of rotatable bonds is 0. The van der Waals surface area contributed by atoms with Crippen LogP contribution >= 0.6 is 0 Å².